The molecule has 0 saturated carbocycles. The summed E-state index contributed by atoms with van der Waals surface area (Å²) in [4.78, 5) is 39.3. The van der Waals surface area contributed by atoms with Crippen LogP contribution in [0.1, 0.15) is 36.2 Å². The maximum atomic E-state index is 12.8. The number of piperazine rings is 1. The third kappa shape index (κ3) is 8.06. The van der Waals surface area contributed by atoms with E-state index in [0.717, 1.165) is 5.56 Å². The number of nitrogens with one attached hydrogen (secondary N) is 2. The summed E-state index contributed by atoms with van der Waals surface area (Å²) in [5, 5.41) is 5.50. The van der Waals surface area contributed by atoms with Crippen molar-refractivity contribution in [2.24, 2.45) is 5.92 Å². The summed E-state index contributed by atoms with van der Waals surface area (Å²) in [5.74, 6) is -0.313. The van der Waals surface area contributed by atoms with Gasteiger partial charge in [0.25, 0.3) is 5.91 Å². The second kappa shape index (κ2) is 12.9. The van der Waals surface area contributed by atoms with Gasteiger partial charge in [-0.2, -0.15) is 0 Å². The molecule has 8 nitrogen and oxygen atoms in total. The second-order valence-electron chi connectivity index (χ2n) is 8.65. The van der Waals surface area contributed by atoms with Crippen molar-refractivity contribution >= 4 is 35.1 Å². The van der Waals surface area contributed by atoms with E-state index in [-0.39, 0.29) is 24.0 Å². The van der Waals surface area contributed by atoms with E-state index in [1.165, 1.54) is 0 Å². The topological polar surface area (TPSA) is 97.0 Å². The van der Waals surface area contributed by atoms with Crippen LogP contribution in [0.2, 0.25) is 0 Å². The third-order valence-electron chi connectivity index (χ3n) is 5.35. The maximum Gasteiger partial charge on any atom is 0.308 e. The molecular formula is C26H31N3O5S. The lowest BCUT2D eigenvalue weighted by Crippen LogP contribution is -2.60. The quantitative estimate of drug-likeness (QED) is 0.406. The number of hydrogen-bond acceptors (Lipinski definition) is 6. The molecule has 9 heteroatoms. The van der Waals surface area contributed by atoms with Crippen molar-refractivity contribution in [3.05, 3.63) is 65.7 Å². The van der Waals surface area contributed by atoms with E-state index in [9.17, 15) is 14.4 Å². The molecule has 0 bridgehead atoms. The highest BCUT2D eigenvalue weighted by atomic mass is 32.1. The first-order valence-electron chi connectivity index (χ1n) is 11.7. The molecular weight excluding hydrogens is 466 g/mol. The zero-order valence-corrected chi connectivity index (χ0v) is 20.8. The molecule has 2 amide bonds. The molecule has 1 aliphatic heterocycles. The molecule has 35 heavy (non-hydrogen) atoms. The van der Waals surface area contributed by atoms with Crippen molar-refractivity contribution in [3.63, 3.8) is 0 Å². The maximum absolute atomic E-state index is 12.8. The van der Waals surface area contributed by atoms with Crippen molar-refractivity contribution < 1.29 is 23.9 Å². The van der Waals surface area contributed by atoms with Crippen molar-refractivity contribution in [3.8, 4) is 5.75 Å². The van der Waals surface area contributed by atoms with E-state index >= 15 is 0 Å². The zero-order valence-electron chi connectivity index (χ0n) is 20.0. The van der Waals surface area contributed by atoms with Crippen LogP contribution in [0.4, 0.5) is 0 Å². The van der Waals surface area contributed by atoms with Crippen LogP contribution in [0.5, 0.6) is 5.75 Å². The van der Waals surface area contributed by atoms with Crippen molar-refractivity contribution in [2.45, 2.75) is 32.7 Å². The molecule has 0 aliphatic carbocycles. The average molecular weight is 498 g/mol. The lowest BCUT2D eigenvalue weighted by molar-refractivity contribution is -0.147. The van der Waals surface area contributed by atoms with E-state index in [2.05, 4.69) is 10.6 Å². The van der Waals surface area contributed by atoms with Crippen LogP contribution < -0.4 is 15.4 Å². The summed E-state index contributed by atoms with van der Waals surface area (Å²) in [5.41, 5.74) is 1.44. The first-order chi connectivity index (χ1) is 16.8. The molecule has 1 aliphatic rings. The number of benzene rings is 2. The predicted molar refractivity (Wildman–Crippen MR) is 136 cm³/mol. The van der Waals surface area contributed by atoms with Gasteiger partial charge in [-0.25, -0.2) is 0 Å². The Balaban J connectivity index is 1.56. The molecule has 2 aromatic carbocycles. The number of carbonyl (C=O) groups excluding carboxylic acids is 3. The normalized spacial score (nSPS) is 15.3. The molecule has 1 saturated heterocycles. The van der Waals surface area contributed by atoms with Gasteiger partial charge in [0.1, 0.15) is 11.8 Å². The van der Waals surface area contributed by atoms with Crippen LogP contribution in [0.3, 0.4) is 0 Å². The fraction of sp³-hybridized carbons (Fsp3) is 0.385. The van der Waals surface area contributed by atoms with Crippen molar-refractivity contribution in [1.82, 2.24) is 15.5 Å². The Morgan fingerprint density at radius 1 is 1.17 bits per heavy atom. The number of esters is 1. The number of amides is 2. The minimum atomic E-state index is -0.860. The highest BCUT2D eigenvalue weighted by molar-refractivity contribution is 7.80. The molecule has 1 unspecified atom stereocenters. The van der Waals surface area contributed by atoms with Gasteiger partial charge >= 0.3 is 5.97 Å². The molecule has 1 heterocycles. The van der Waals surface area contributed by atoms with Crippen LogP contribution in [0.15, 0.2) is 54.6 Å². The summed E-state index contributed by atoms with van der Waals surface area (Å²) in [6.45, 7) is 5.55. The predicted octanol–water partition coefficient (Wildman–Crippen LogP) is 2.71. The minimum Gasteiger partial charge on any atom is -0.493 e. The summed E-state index contributed by atoms with van der Waals surface area (Å²) in [6.07, 6.45) is 0.413. The molecule has 1 fully saturated rings. The van der Waals surface area contributed by atoms with Crippen LogP contribution in [-0.4, -0.2) is 60.1 Å². The van der Waals surface area contributed by atoms with E-state index in [1.54, 1.807) is 29.2 Å². The monoisotopic (exact) mass is 497 g/mol. The first-order valence-corrected chi connectivity index (χ1v) is 12.1. The molecule has 1 atom stereocenters. The highest BCUT2D eigenvalue weighted by Crippen LogP contribution is 2.16. The van der Waals surface area contributed by atoms with E-state index < -0.39 is 17.9 Å². The number of ether oxygens (including phenoxy) is 2. The number of rotatable bonds is 9. The van der Waals surface area contributed by atoms with E-state index in [1.807, 2.05) is 44.2 Å². The molecule has 2 N–H and O–H groups in total. The fourth-order valence-electron chi connectivity index (χ4n) is 3.54. The van der Waals surface area contributed by atoms with Gasteiger partial charge in [0, 0.05) is 25.1 Å². The summed E-state index contributed by atoms with van der Waals surface area (Å²) in [6, 6.07) is 15.6. The molecule has 0 radical (unpaired) electrons. The zero-order chi connectivity index (χ0) is 25.2. The fourth-order valence-corrected chi connectivity index (χ4v) is 3.85. The van der Waals surface area contributed by atoms with Gasteiger partial charge in [-0.3, -0.25) is 19.7 Å². The van der Waals surface area contributed by atoms with Gasteiger partial charge in [0.2, 0.25) is 5.91 Å². The lowest BCUT2D eigenvalue weighted by Gasteiger charge is -2.36. The molecule has 2 aromatic rings. The minimum absolute atomic E-state index is 0.0837. The molecule has 3 rings (SSSR count). The van der Waals surface area contributed by atoms with Crippen LogP contribution in [0, 0.1) is 5.92 Å². The third-order valence-corrected chi connectivity index (χ3v) is 5.68. The summed E-state index contributed by atoms with van der Waals surface area (Å²) in [7, 11) is 0. The second-order valence-corrected chi connectivity index (χ2v) is 9.04. The Labute approximate surface area is 211 Å². The number of nitrogens with zero attached hydrogens (tertiary/aromatic N) is 1. The van der Waals surface area contributed by atoms with Gasteiger partial charge in [-0.15, -0.1) is 0 Å². The number of thiocarbonyl (C=S) groups is 1. The van der Waals surface area contributed by atoms with Crippen molar-refractivity contribution in [2.75, 3.05) is 26.3 Å². The molecule has 0 spiro atoms. The van der Waals surface area contributed by atoms with Crippen molar-refractivity contribution in [1.29, 1.82) is 0 Å². The van der Waals surface area contributed by atoms with Gasteiger partial charge in [0.05, 0.1) is 19.6 Å². The van der Waals surface area contributed by atoms with Crippen LogP contribution in [0.25, 0.3) is 0 Å². The largest absolute Gasteiger partial charge is 0.493 e. The first kappa shape index (κ1) is 26.2. The van der Waals surface area contributed by atoms with Gasteiger partial charge < -0.3 is 19.7 Å². The van der Waals surface area contributed by atoms with Gasteiger partial charge in [-0.1, -0.05) is 50.2 Å². The highest BCUT2D eigenvalue weighted by Gasteiger charge is 2.34. The SMILES string of the molecule is CC(C)COc1cccc(C(=O)NC(=S)N2CCNC(=O)C2CC(=O)OCCc2ccccc2)c1. The van der Waals surface area contributed by atoms with Gasteiger partial charge in [-0.05, 0) is 41.9 Å². The van der Waals surface area contributed by atoms with Gasteiger partial charge in [0.15, 0.2) is 5.11 Å². The average Bonchev–Trinajstić information content (AvgIpc) is 2.84. The Hall–Kier alpha value is -3.46. The molecule has 0 aromatic heterocycles. The molecule has 186 valence electrons. The lowest BCUT2D eigenvalue weighted by atomic mass is 10.1. The summed E-state index contributed by atoms with van der Waals surface area (Å²) >= 11 is 5.43. The number of hydrogen-bond donors (Lipinski definition) is 2. The van der Waals surface area contributed by atoms with E-state index in [4.69, 9.17) is 21.7 Å². The Kier molecular flexibility index (Phi) is 9.60. The smallest absolute Gasteiger partial charge is 0.308 e. The Morgan fingerprint density at radius 3 is 2.69 bits per heavy atom. The number of carbonyl (C=O) groups is 3. The summed E-state index contributed by atoms with van der Waals surface area (Å²) < 4.78 is 11.0. The van der Waals surface area contributed by atoms with Crippen LogP contribution in [-0.2, 0) is 20.7 Å². The standard InChI is InChI=1S/C26H31N3O5S/c1-18(2)17-34-21-10-6-9-20(15-21)24(31)28-26(35)29-13-12-27-25(32)22(29)16-23(30)33-14-11-19-7-4-3-5-8-19/h3-10,15,18,22H,11-14,16-17H2,1-2H3,(H,27,32)(H,28,31,35). The Bertz CT molecular complexity index is 1040. The Morgan fingerprint density at radius 2 is 1.94 bits per heavy atom. The van der Waals surface area contributed by atoms with Crippen LogP contribution >= 0.6 is 12.2 Å². The van der Waals surface area contributed by atoms with E-state index in [0.29, 0.717) is 43.3 Å².